The van der Waals surface area contributed by atoms with Crippen LogP contribution in [-0.4, -0.2) is 71.5 Å². The standard InChI is InChI=1S/C23H28N2O6S2/c1-24(19-6-3-2-4-7-19)33(29,30)22-11-9-18(10-12-22)23(26)25(16-21-8-5-14-31-21)20-13-15-32(27,28)17-20/h2-4,6-7,9-12,20-21H,5,8,13-17H2,1H3/t20-,21-/m0/s1. The van der Waals surface area contributed by atoms with E-state index >= 15 is 0 Å². The molecule has 178 valence electrons. The molecule has 0 aliphatic carbocycles. The number of para-hydroxylation sites is 1. The molecule has 0 N–H and O–H groups in total. The van der Waals surface area contributed by atoms with E-state index in [1.54, 1.807) is 29.2 Å². The lowest BCUT2D eigenvalue weighted by atomic mass is 10.1. The Kier molecular flexibility index (Phi) is 6.78. The Morgan fingerprint density at radius 3 is 2.33 bits per heavy atom. The Morgan fingerprint density at radius 1 is 1.06 bits per heavy atom. The van der Waals surface area contributed by atoms with E-state index in [9.17, 15) is 21.6 Å². The number of carbonyl (C=O) groups is 1. The highest BCUT2D eigenvalue weighted by molar-refractivity contribution is 7.92. The molecule has 2 aromatic carbocycles. The summed E-state index contributed by atoms with van der Waals surface area (Å²) in [4.78, 5) is 15.0. The van der Waals surface area contributed by atoms with Crippen LogP contribution in [-0.2, 0) is 24.6 Å². The van der Waals surface area contributed by atoms with Crippen LogP contribution in [0.15, 0.2) is 59.5 Å². The van der Waals surface area contributed by atoms with E-state index in [1.165, 1.54) is 35.6 Å². The molecule has 33 heavy (non-hydrogen) atoms. The molecule has 0 spiro atoms. The highest BCUT2D eigenvalue weighted by Crippen LogP contribution is 2.25. The largest absolute Gasteiger partial charge is 0.376 e. The van der Waals surface area contributed by atoms with E-state index in [-0.39, 0.29) is 28.4 Å². The zero-order valence-corrected chi connectivity index (χ0v) is 20.1. The van der Waals surface area contributed by atoms with Crippen LogP contribution < -0.4 is 4.31 Å². The van der Waals surface area contributed by atoms with E-state index in [4.69, 9.17) is 4.74 Å². The van der Waals surface area contributed by atoms with Gasteiger partial charge in [0.1, 0.15) is 0 Å². The Labute approximate surface area is 195 Å². The van der Waals surface area contributed by atoms with Crippen LogP contribution in [0.1, 0.15) is 29.6 Å². The third-order valence-electron chi connectivity index (χ3n) is 6.21. The quantitative estimate of drug-likeness (QED) is 0.588. The van der Waals surface area contributed by atoms with Gasteiger partial charge in [0.05, 0.1) is 28.2 Å². The van der Waals surface area contributed by atoms with Gasteiger partial charge in [-0.15, -0.1) is 0 Å². The van der Waals surface area contributed by atoms with Crippen LogP contribution in [0.2, 0.25) is 0 Å². The molecule has 2 fully saturated rings. The molecular formula is C23H28N2O6S2. The van der Waals surface area contributed by atoms with Crippen molar-refractivity contribution in [2.24, 2.45) is 0 Å². The third-order valence-corrected chi connectivity index (χ3v) is 9.76. The molecule has 2 aliphatic rings. The summed E-state index contributed by atoms with van der Waals surface area (Å²) in [6, 6.07) is 14.1. The summed E-state index contributed by atoms with van der Waals surface area (Å²) in [7, 11) is -5.49. The van der Waals surface area contributed by atoms with Gasteiger partial charge in [0.15, 0.2) is 9.84 Å². The summed E-state index contributed by atoms with van der Waals surface area (Å²) in [6.07, 6.45) is 2.02. The van der Waals surface area contributed by atoms with Crippen molar-refractivity contribution in [2.75, 3.05) is 36.0 Å². The summed E-state index contributed by atoms with van der Waals surface area (Å²) in [5.74, 6) is -0.302. The number of nitrogens with zero attached hydrogens (tertiary/aromatic N) is 2. The molecule has 0 radical (unpaired) electrons. The normalized spacial score (nSPS) is 22.2. The fourth-order valence-electron chi connectivity index (χ4n) is 4.30. The van der Waals surface area contributed by atoms with Crippen molar-refractivity contribution in [1.82, 2.24) is 4.90 Å². The topological polar surface area (TPSA) is 101 Å². The maximum atomic E-state index is 13.4. The van der Waals surface area contributed by atoms with Crippen LogP contribution in [0.5, 0.6) is 0 Å². The van der Waals surface area contributed by atoms with Gasteiger partial charge in [-0.05, 0) is 55.7 Å². The third kappa shape index (κ3) is 5.23. The smallest absolute Gasteiger partial charge is 0.264 e. The van der Waals surface area contributed by atoms with Crippen LogP contribution in [0.25, 0.3) is 0 Å². The summed E-state index contributed by atoms with van der Waals surface area (Å²) < 4.78 is 57.0. The molecular weight excluding hydrogens is 464 g/mol. The minimum Gasteiger partial charge on any atom is -0.376 e. The molecule has 2 heterocycles. The van der Waals surface area contributed by atoms with Crippen molar-refractivity contribution in [3.8, 4) is 0 Å². The number of anilines is 1. The van der Waals surface area contributed by atoms with E-state index in [2.05, 4.69) is 0 Å². The van der Waals surface area contributed by atoms with Gasteiger partial charge in [0, 0.05) is 31.8 Å². The van der Waals surface area contributed by atoms with Gasteiger partial charge < -0.3 is 9.64 Å². The van der Waals surface area contributed by atoms with Gasteiger partial charge in [-0.1, -0.05) is 18.2 Å². The van der Waals surface area contributed by atoms with E-state index in [1.807, 2.05) is 6.07 Å². The fourth-order valence-corrected chi connectivity index (χ4v) is 7.22. The number of sulfone groups is 1. The second kappa shape index (κ2) is 9.44. The van der Waals surface area contributed by atoms with Crippen LogP contribution in [0.3, 0.4) is 0 Å². The summed E-state index contributed by atoms with van der Waals surface area (Å²) in [5.41, 5.74) is 0.849. The first-order valence-electron chi connectivity index (χ1n) is 10.9. The fraction of sp³-hybridized carbons (Fsp3) is 0.435. The number of amides is 1. The SMILES string of the molecule is CN(c1ccccc1)S(=O)(=O)c1ccc(C(=O)N(C[C@@H]2CCCO2)[C@H]2CCS(=O)(=O)C2)cc1. The molecule has 2 atom stereocenters. The Balaban J connectivity index is 1.56. The van der Waals surface area contributed by atoms with E-state index in [0.29, 0.717) is 30.8 Å². The van der Waals surface area contributed by atoms with Gasteiger partial charge in [0.25, 0.3) is 15.9 Å². The van der Waals surface area contributed by atoms with Gasteiger partial charge in [0.2, 0.25) is 0 Å². The molecule has 8 nitrogen and oxygen atoms in total. The molecule has 2 saturated heterocycles. The monoisotopic (exact) mass is 492 g/mol. The minimum atomic E-state index is -3.80. The lowest BCUT2D eigenvalue weighted by molar-refractivity contribution is 0.0441. The van der Waals surface area contributed by atoms with Crippen LogP contribution >= 0.6 is 0 Å². The maximum Gasteiger partial charge on any atom is 0.264 e. The first-order chi connectivity index (χ1) is 15.7. The van der Waals surface area contributed by atoms with E-state index in [0.717, 1.165) is 12.8 Å². The zero-order valence-electron chi connectivity index (χ0n) is 18.5. The van der Waals surface area contributed by atoms with Crippen molar-refractivity contribution in [3.63, 3.8) is 0 Å². The van der Waals surface area contributed by atoms with Crippen LogP contribution in [0.4, 0.5) is 5.69 Å². The Hall–Kier alpha value is -2.43. The average Bonchev–Trinajstić information content (AvgIpc) is 3.46. The Morgan fingerprint density at radius 2 is 1.76 bits per heavy atom. The van der Waals surface area contributed by atoms with Crippen molar-refractivity contribution < 1.29 is 26.4 Å². The van der Waals surface area contributed by atoms with Gasteiger partial charge in [-0.3, -0.25) is 9.10 Å². The van der Waals surface area contributed by atoms with Gasteiger partial charge in [-0.25, -0.2) is 16.8 Å². The molecule has 4 rings (SSSR count). The lowest BCUT2D eigenvalue weighted by Gasteiger charge is -2.30. The molecule has 2 aromatic rings. The average molecular weight is 493 g/mol. The predicted octanol–water partition coefficient (Wildman–Crippen LogP) is 2.32. The highest BCUT2D eigenvalue weighted by atomic mass is 32.2. The first-order valence-corrected chi connectivity index (χ1v) is 14.2. The first kappa shape index (κ1) is 23.7. The zero-order chi connectivity index (χ0) is 23.6. The summed E-state index contributed by atoms with van der Waals surface area (Å²) in [6.45, 7) is 0.965. The van der Waals surface area contributed by atoms with Crippen molar-refractivity contribution in [1.29, 1.82) is 0 Å². The summed E-state index contributed by atoms with van der Waals surface area (Å²) >= 11 is 0. The predicted molar refractivity (Wildman–Crippen MR) is 126 cm³/mol. The number of benzene rings is 2. The van der Waals surface area contributed by atoms with Gasteiger partial charge >= 0.3 is 0 Å². The molecule has 0 saturated carbocycles. The lowest BCUT2D eigenvalue weighted by Crippen LogP contribution is -2.45. The molecule has 0 unspecified atom stereocenters. The Bertz CT molecular complexity index is 1190. The maximum absolute atomic E-state index is 13.4. The van der Waals surface area contributed by atoms with Crippen molar-refractivity contribution in [2.45, 2.75) is 36.3 Å². The number of carbonyl (C=O) groups excluding carboxylic acids is 1. The van der Waals surface area contributed by atoms with Crippen molar-refractivity contribution in [3.05, 3.63) is 60.2 Å². The number of sulfonamides is 1. The molecule has 10 heteroatoms. The second-order valence-electron chi connectivity index (χ2n) is 8.48. The highest BCUT2D eigenvalue weighted by Gasteiger charge is 2.37. The van der Waals surface area contributed by atoms with E-state index < -0.39 is 25.9 Å². The number of hydrogen-bond acceptors (Lipinski definition) is 6. The van der Waals surface area contributed by atoms with Crippen molar-refractivity contribution >= 4 is 31.5 Å². The molecule has 0 aromatic heterocycles. The van der Waals surface area contributed by atoms with Crippen LogP contribution in [0, 0.1) is 0 Å². The molecule has 0 bridgehead atoms. The molecule has 2 aliphatic heterocycles. The summed E-state index contributed by atoms with van der Waals surface area (Å²) in [5, 5.41) is 0. The minimum absolute atomic E-state index is 0.0558. The number of ether oxygens (including phenoxy) is 1. The van der Waals surface area contributed by atoms with Gasteiger partial charge in [-0.2, -0.15) is 0 Å². The number of hydrogen-bond donors (Lipinski definition) is 0. The number of rotatable bonds is 7. The second-order valence-corrected chi connectivity index (χ2v) is 12.7. The molecule has 1 amide bonds.